The highest BCUT2D eigenvalue weighted by atomic mass is 32.2. The molecule has 0 saturated heterocycles. The van der Waals surface area contributed by atoms with Crippen molar-refractivity contribution in [2.45, 2.75) is 11.4 Å². The van der Waals surface area contributed by atoms with Gasteiger partial charge in [-0.1, -0.05) is 48.5 Å². The Hall–Kier alpha value is -4.83. The number of rotatable bonds is 11. The second kappa shape index (κ2) is 12.8. The van der Waals surface area contributed by atoms with Crippen molar-refractivity contribution in [2.75, 3.05) is 25.6 Å². The largest absolute Gasteiger partial charge is 0.497 e. The second-order valence-electron chi connectivity index (χ2n) is 8.47. The third kappa shape index (κ3) is 6.24. The second-order valence-corrected chi connectivity index (χ2v) is 10.3. The van der Waals surface area contributed by atoms with Crippen LogP contribution in [-0.4, -0.2) is 41.9 Å². The van der Waals surface area contributed by atoms with Gasteiger partial charge in [0.25, 0.3) is 15.9 Å². The maximum atomic E-state index is 13.9. The van der Waals surface area contributed by atoms with Crippen LogP contribution in [0.1, 0.15) is 21.5 Å². The van der Waals surface area contributed by atoms with E-state index in [1.165, 1.54) is 44.0 Å². The summed E-state index contributed by atoms with van der Waals surface area (Å²) < 4.78 is 45.0. The lowest BCUT2D eigenvalue weighted by molar-refractivity contribution is 0.0955. The monoisotopic (exact) mass is 559 g/mol. The quantitative estimate of drug-likeness (QED) is 0.208. The molecule has 0 saturated carbocycles. The first-order chi connectivity index (χ1) is 19.4. The number of hydrazone groups is 1. The minimum absolute atomic E-state index is 0.00374. The Labute approximate surface area is 233 Å². The molecule has 0 heterocycles. The summed E-state index contributed by atoms with van der Waals surface area (Å²) in [6.45, 7) is 0.00374. The molecular weight excluding hydrogens is 530 g/mol. The summed E-state index contributed by atoms with van der Waals surface area (Å²) in [6, 6.07) is 27.0. The van der Waals surface area contributed by atoms with Crippen LogP contribution in [0, 0.1) is 0 Å². The van der Waals surface area contributed by atoms with Crippen molar-refractivity contribution < 1.29 is 27.4 Å². The Balaban J connectivity index is 1.70. The lowest BCUT2D eigenvalue weighted by atomic mass is 10.1. The van der Waals surface area contributed by atoms with Gasteiger partial charge in [0, 0.05) is 5.56 Å². The van der Waals surface area contributed by atoms with Gasteiger partial charge >= 0.3 is 0 Å². The molecular formula is C30H29N3O6S. The molecule has 4 rings (SSSR count). The highest BCUT2D eigenvalue weighted by Crippen LogP contribution is 2.31. The standard InChI is InChI=1S/C30H29N3O6S/c1-37-24-16-18-25(19-17-24)40(35,36)33(21-22-10-5-4-6-11-22)27-14-8-7-13-26(27)30(34)32-31-20-23-12-9-15-28(38-2)29(23)39-3/h4-20H,21H2,1-3H3,(H,32,34)/b31-20-. The van der Waals surface area contributed by atoms with Crippen molar-refractivity contribution >= 4 is 27.8 Å². The van der Waals surface area contributed by atoms with Gasteiger partial charge in [0.15, 0.2) is 11.5 Å². The van der Waals surface area contributed by atoms with Crippen LogP contribution in [0.25, 0.3) is 0 Å². The Kier molecular flexibility index (Phi) is 9.03. The Morgan fingerprint density at radius 2 is 1.52 bits per heavy atom. The fourth-order valence-electron chi connectivity index (χ4n) is 4.04. The molecule has 9 nitrogen and oxygen atoms in total. The first-order valence-electron chi connectivity index (χ1n) is 12.2. The van der Waals surface area contributed by atoms with Crippen LogP contribution >= 0.6 is 0 Å². The molecule has 0 unspecified atom stereocenters. The van der Waals surface area contributed by atoms with Gasteiger partial charge in [0.05, 0.1) is 50.2 Å². The Morgan fingerprint density at radius 3 is 2.20 bits per heavy atom. The van der Waals surface area contributed by atoms with Crippen LogP contribution in [0.15, 0.2) is 107 Å². The third-order valence-corrected chi connectivity index (χ3v) is 7.81. The predicted molar refractivity (Wildman–Crippen MR) is 154 cm³/mol. The summed E-state index contributed by atoms with van der Waals surface area (Å²) in [5.74, 6) is 0.919. The number of hydrogen-bond acceptors (Lipinski definition) is 7. The Bertz CT molecular complexity index is 1590. The molecule has 0 spiro atoms. The van der Waals surface area contributed by atoms with Crippen molar-refractivity contribution in [3.8, 4) is 17.2 Å². The van der Waals surface area contributed by atoms with Crippen molar-refractivity contribution in [1.29, 1.82) is 0 Å². The van der Waals surface area contributed by atoms with Crippen molar-refractivity contribution in [1.82, 2.24) is 5.43 Å². The first-order valence-corrected chi connectivity index (χ1v) is 13.7. The van der Waals surface area contributed by atoms with Gasteiger partial charge in [-0.05, 0) is 54.1 Å². The summed E-state index contributed by atoms with van der Waals surface area (Å²) in [4.78, 5) is 13.4. The molecule has 0 radical (unpaired) electrons. The van der Waals surface area contributed by atoms with Crippen molar-refractivity contribution in [3.63, 3.8) is 0 Å². The first kappa shape index (κ1) is 28.2. The number of sulfonamides is 1. The zero-order valence-corrected chi connectivity index (χ0v) is 23.1. The number of anilines is 1. The highest BCUT2D eigenvalue weighted by molar-refractivity contribution is 7.92. The molecule has 40 heavy (non-hydrogen) atoms. The lowest BCUT2D eigenvalue weighted by Crippen LogP contribution is -2.33. The molecule has 0 aliphatic rings. The molecule has 10 heteroatoms. The zero-order valence-electron chi connectivity index (χ0n) is 22.3. The van der Waals surface area contributed by atoms with Gasteiger partial charge in [-0.25, -0.2) is 13.8 Å². The van der Waals surface area contributed by atoms with E-state index < -0.39 is 15.9 Å². The van der Waals surface area contributed by atoms with Crippen LogP contribution in [0.5, 0.6) is 17.2 Å². The number of ether oxygens (including phenoxy) is 3. The number of methoxy groups -OCH3 is 3. The molecule has 206 valence electrons. The van der Waals surface area contributed by atoms with Crippen LogP contribution in [0.3, 0.4) is 0 Å². The summed E-state index contributed by atoms with van der Waals surface area (Å²) in [5.41, 5.74) is 4.16. The molecule has 0 aliphatic carbocycles. The van der Waals surface area contributed by atoms with Crippen LogP contribution in [0.4, 0.5) is 5.69 Å². The van der Waals surface area contributed by atoms with Gasteiger partial charge in [-0.15, -0.1) is 0 Å². The molecule has 0 bridgehead atoms. The Morgan fingerprint density at radius 1 is 0.825 bits per heavy atom. The van der Waals surface area contributed by atoms with Crippen LogP contribution in [0.2, 0.25) is 0 Å². The number of nitrogens with one attached hydrogen (secondary N) is 1. The fraction of sp³-hybridized carbons (Fsp3) is 0.133. The van der Waals surface area contributed by atoms with E-state index in [0.29, 0.717) is 22.8 Å². The minimum Gasteiger partial charge on any atom is -0.497 e. The average molecular weight is 560 g/mol. The normalized spacial score (nSPS) is 11.2. The van der Waals surface area contributed by atoms with Crippen molar-refractivity contribution in [2.24, 2.45) is 5.10 Å². The number of amides is 1. The zero-order chi connectivity index (χ0) is 28.5. The molecule has 0 aliphatic heterocycles. The molecule has 4 aromatic carbocycles. The number of benzene rings is 4. The molecule has 0 aromatic heterocycles. The third-order valence-electron chi connectivity index (χ3n) is 6.04. The highest BCUT2D eigenvalue weighted by Gasteiger charge is 2.28. The summed E-state index contributed by atoms with van der Waals surface area (Å²) >= 11 is 0. The van der Waals surface area contributed by atoms with E-state index in [1.807, 2.05) is 30.3 Å². The molecule has 1 N–H and O–H groups in total. The summed E-state index contributed by atoms with van der Waals surface area (Å²) in [5, 5.41) is 4.08. The predicted octanol–water partition coefficient (Wildman–Crippen LogP) is 4.87. The van der Waals surface area contributed by atoms with E-state index in [9.17, 15) is 13.2 Å². The number of carbonyl (C=O) groups is 1. The summed E-state index contributed by atoms with van der Waals surface area (Å²) in [7, 11) is 0.457. The summed E-state index contributed by atoms with van der Waals surface area (Å²) in [6.07, 6.45) is 1.43. The molecule has 4 aromatic rings. The van der Waals surface area contributed by atoms with E-state index >= 15 is 0 Å². The average Bonchev–Trinajstić information content (AvgIpc) is 3.00. The van der Waals surface area contributed by atoms with Crippen molar-refractivity contribution in [3.05, 3.63) is 114 Å². The number of hydrogen-bond donors (Lipinski definition) is 1. The lowest BCUT2D eigenvalue weighted by Gasteiger charge is -2.26. The number of para-hydroxylation sites is 2. The SMILES string of the molecule is COc1ccc(S(=O)(=O)N(Cc2ccccc2)c2ccccc2C(=O)N/N=C\c2cccc(OC)c2OC)cc1. The van der Waals surface area contributed by atoms with Gasteiger partial charge < -0.3 is 14.2 Å². The maximum Gasteiger partial charge on any atom is 0.273 e. The molecule has 0 fully saturated rings. The van der Waals surface area contributed by atoms with E-state index in [4.69, 9.17) is 14.2 Å². The minimum atomic E-state index is -4.08. The van der Waals surface area contributed by atoms with Crippen LogP contribution in [-0.2, 0) is 16.6 Å². The molecule has 0 atom stereocenters. The van der Waals surface area contributed by atoms with E-state index in [-0.39, 0.29) is 22.7 Å². The number of nitrogens with zero attached hydrogens (tertiary/aromatic N) is 2. The van der Waals surface area contributed by atoms with E-state index in [0.717, 1.165) is 5.56 Å². The smallest absolute Gasteiger partial charge is 0.273 e. The van der Waals surface area contributed by atoms with E-state index in [1.54, 1.807) is 54.6 Å². The maximum absolute atomic E-state index is 13.9. The van der Waals surface area contributed by atoms with E-state index in [2.05, 4.69) is 10.5 Å². The van der Waals surface area contributed by atoms with Gasteiger partial charge in [0.1, 0.15) is 5.75 Å². The number of carbonyl (C=O) groups excluding carboxylic acids is 1. The molecule has 1 amide bonds. The van der Waals surface area contributed by atoms with Crippen LogP contribution < -0.4 is 23.9 Å². The van der Waals surface area contributed by atoms with Gasteiger partial charge in [0.2, 0.25) is 0 Å². The van der Waals surface area contributed by atoms with Gasteiger partial charge in [-0.3, -0.25) is 9.10 Å². The fourth-order valence-corrected chi connectivity index (χ4v) is 5.51. The van der Waals surface area contributed by atoms with Gasteiger partial charge in [-0.2, -0.15) is 5.10 Å². The topological polar surface area (TPSA) is 107 Å².